The van der Waals surface area contributed by atoms with Gasteiger partial charge in [-0.05, 0) is 17.9 Å². The van der Waals surface area contributed by atoms with Crippen molar-refractivity contribution in [2.45, 2.75) is 39.3 Å². The molecule has 0 aliphatic carbocycles. The highest BCUT2D eigenvalue weighted by atomic mass is 32.1. The van der Waals surface area contributed by atoms with Crippen molar-refractivity contribution in [3.63, 3.8) is 0 Å². The largest absolute Gasteiger partial charge is 0.325 e. The fourth-order valence-corrected chi connectivity index (χ4v) is 4.26. The molecule has 0 bridgehead atoms. The first-order valence-electron chi connectivity index (χ1n) is 9.85. The van der Waals surface area contributed by atoms with Crippen molar-refractivity contribution in [2.75, 3.05) is 11.9 Å². The van der Waals surface area contributed by atoms with Crippen LogP contribution in [0.25, 0.3) is 11.3 Å². The number of carbonyl (C=O) groups is 1. The molecule has 0 spiro atoms. The zero-order valence-electron chi connectivity index (χ0n) is 16.8. The van der Waals surface area contributed by atoms with E-state index in [9.17, 15) is 14.4 Å². The second-order valence-corrected chi connectivity index (χ2v) is 8.39. The maximum Gasteiger partial charge on any atom is 0.325 e. The van der Waals surface area contributed by atoms with Gasteiger partial charge in [-0.1, -0.05) is 38.1 Å². The molecule has 2 aromatic heterocycles. The summed E-state index contributed by atoms with van der Waals surface area (Å²) >= 11 is 1.37. The Morgan fingerprint density at radius 1 is 1.23 bits per heavy atom. The molecule has 1 aromatic carbocycles. The molecule has 0 saturated carbocycles. The number of hydrogen-bond donors (Lipinski definition) is 3. The fraction of sp³-hybridized carbons (Fsp3) is 0.333. The minimum absolute atomic E-state index is 0.106. The Bertz CT molecular complexity index is 1180. The number of carbonyl (C=O) groups excluding carboxylic acids is 1. The lowest BCUT2D eigenvalue weighted by atomic mass is 9.97. The molecule has 30 heavy (non-hydrogen) atoms. The van der Waals surface area contributed by atoms with Crippen molar-refractivity contribution in [2.24, 2.45) is 0 Å². The van der Waals surface area contributed by atoms with Gasteiger partial charge in [-0.25, -0.2) is 9.78 Å². The van der Waals surface area contributed by atoms with E-state index in [0.29, 0.717) is 35.4 Å². The van der Waals surface area contributed by atoms with E-state index < -0.39 is 11.2 Å². The molecule has 9 heteroatoms. The summed E-state index contributed by atoms with van der Waals surface area (Å²) in [5, 5.41) is 5.27. The molecule has 3 heterocycles. The van der Waals surface area contributed by atoms with E-state index >= 15 is 0 Å². The van der Waals surface area contributed by atoms with Gasteiger partial charge < -0.3 is 10.3 Å². The molecule has 3 N–H and O–H groups in total. The standard InChI is InChI=1S/C21H23N5O3S/c1-3-12(2)13-4-6-14(7-5-13)17-11-30-21(23-17)24-18(27)10-26-8-15-16(9-26)22-20(29)25-19(15)28/h4-7,11-12H,3,8-10H2,1-2H3,(H,23,24,27)(H2,22,25,28,29). The third-order valence-corrected chi connectivity index (χ3v) is 6.16. The van der Waals surface area contributed by atoms with Crippen molar-refractivity contribution < 1.29 is 4.79 Å². The van der Waals surface area contributed by atoms with Gasteiger partial charge in [0.05, 0.1) is 17.8 Å². The molecular weight excluding hydrogens is 402 g/mol. The molecule has 0 radical (unpaired) electrons. The summed E-state index contributed by atoms with van der Waals surface area (Å²) in [6.45, 7) is 5.16. The summed E-state index contributed by atoms with van der Waals surface area (Å²) in [4.78, 5) is 46.8. The van der Waals surface area contributed by atoms with Gasteiger partial charge in [-0.2, -0.15) is 0 Å². The number of nitrogens with one attached hydrogen (secondary N) is 3. The van der Waals surface area contributed by atoms with E-state index in [0.717, 1.165) is 17.7 Å². The van der Waals surface area contributed by atoms with Gasteiger partial charge in [0.15, 0.2) is 5.13 Å². The molecule has 8 nitrogen and oxygen atoms in total. The quantitative estimate of drug-likeness (QED) is 0.562. The molecule has 1 unspecified atom stereocenters. The number of aromatic nitrogens is 3. The summed E-state index contributed by atoms with van der Waals surface area (Å²) in [6, 6.07) is 8.36. The lowest BCUT2D eigenvalue weighted by molar-refractivity contribution is -0.117. The number of benzene rings is 1. The summed E-state index contributed by atoms with van der Waals surface area (Å²) in [5.74, 6) is 0.309. The van der Waals surface area contributed by atoms with Crippen LogP contribution in [0.15, 0.2) is 39.2 Å². The predicted molar refractivity (Wildman–Crippen MR) is 117 cm³/mol. The number of thiazole rings is 1. The van der Waals surface area contributed by atoms with Crippen LogP contribution in [-0.4, -0.2) is 32.3 Å². The zero-order valence-corrected chi connectivity index (χ0v) is 17.6. The summed E-state index contributed by atoms with van der Waals surface area (Å²) < 4.78 is 0. The average Bonchev–Trinajstić information content (AvgIpc) is 3.34. The van der Waals surface area contributed by atoms with Crippen LogP contribution in [0.3, 0.4) is 0 Å². The van der Waals surface area contributed by atoms with E-state index in [1.807, 2.05) is 5.38 Å². The number of nitrogens with zero attached hydrogens (tertiary/aromatic N) is 2. The van der Waals surface area contributed by atoms with Gasteiger partial charge in [0.2, 0.25) is 5.91 Å². The number of rotatable bonds is 6. The summed E-state index contributed by atoms with van der Waals surface area (Å²) in [5.41, 5.74) is 3.27. The van der Waals surface area contributed by atoms with E-state index in [4.69, 9.17) is 0 Å². The number of aromatic amines is 2. The highest BCUT2D eigenvalue weighted by Crippen LogP contribution is 2.27. The predicted octanol–water partition coefficient (Wildman–Crippen LogP) is 2.65. The molecule has 1 atom stereocenters. The first-order valence-corrected chi connectivity index (χ1v) is 10.7. The maximum atomic E-state index is 12.4. The number of H-pyrrole nitrogens is 2. The highest BCUT2D eigenvalue weighted by molar-refractivity contribution is 7.14. The van der Waals surface area contributed by atoms with E-state index in [-0.39, 0.29) is 12.5 Å². The third-order valence-electron chi connectivity index (χ3n) is 5.40. The van der Waals surface area contributed by atoms with Crippen molar-refractivity contribution in [3.05, 3.63) is 67.3 Å². The molecule has 0 fully saturated rings. The van der Waals surface area contributed by atoms with Crippen molar-refractivity contribution >= 4 is 22.4 Å². The van der Waals surface area contributed by atoms with Crippen LogP contribution in [-0.2, 0) is 17.9 Å². The Kier molecular flexibility index (Phi) is 5.65. The van der Waals surface area contributed by atoms with Crippen LogP contribution < -0.4 is 16.6 Å². The second-order valence-electron chi connectivity index (χ2n) is 7.53. The molecule has 3 aromatic rings. The van der Waals surface area contributed by atoms with Crippen molar-refractivity contribution in [3.8, 4) is 11.3 Å². The van der Waals surface area contributed by atoms with Gasteiger partial charge in [-0.15, -0.1) is 11.3 Å². The normalized spacial score (nSPS) is 14.5. The lowest BCUT2D eigenvalue weighted by Crippen LogP contribution is -2.29. The summed E-state index contributed by atoms with van der Waals surface area (Å²) in [6.07, 6.45) is 1.10. The monoisotopic (exact) mass is 425 g/mol. The van der Waals surface area contributed by atoms with Gasteiger partial charge >= 0.3 is 5.69 Å². The Morgan fingerprint density at radius 2 is 2.00 bits per heavy atom. The average molecular weight is 426 g/mol. The third kappa shape index (κ3) is 4.27. The molecular formula is C21H23N5O3S. The molecule has 0 saturated heterocycles. The SMILES string of the molecule is CCC(C)c1ccc(-c2csc(NC(=O)CN3Cc4[nH]c(=O)[nH]c(=O)c4C3)n2)cc1. The van der Waals surface area contributed by atoms with Gasteiger partial charge in [0, 0.05) is 29.7 Å². The minimum Gasteiger partial charge on any atom is -0.310 e. The van der Waals surface area contributed by atoms with Crippen LogP contribution in [0.1, 0.15) is 43.0 Å². The smallest absolute Gasteiger partial charge is 0.310 e. The molecule has 1 aliphatic rings. The Morgan fingerprint density at radius 3 is 2.73 bits per heavy atom. The number of hydrogen-bond acceptors (Lipinski definition) is 6. The minimum atomic E-state index is -0.530. The molecule has 1 amide bonds. The topological polar surface area (TPSA) is 111 Å². The highest BCUT2D eigenvalue weighted by Gasteiger charge is 2.24. The zero-order chi connectivity index (χ0) is 21.3. The maximum absolute atomic E-state index is 12.4. The van der Waals surface area contributed by atoms with Crippen LogP contribution in [0.4, 0.5) is 5.13 Å². The van der Waals surface area contributed by atoms with Crippen LogP contribution in [0, 0.1) is 0 Å². The van der Waals surface area contributed by atoms with Crippen LogP contribution in [0.5, 0.6) is 0 Å². The molecule has 1 aliphatic heterocycles. The number of anilines is 1. The fourth-order valence-electron chi connectivity index (χ4n) is 3.52. The van der Waals surface area contributed by atoms with Crippen molar-refractivity contribution in [1.82, 2.24) is 19.9 Å². The Hall–Kier alpha value is -3.04. The van der Waals surface area contributed by atoms with E-state index in [2.05, 4.69) is 58.4 Å². The summed E-state index contributed by atoms with van der Waals surface area (Å²) in [7, 11) is 0. The van der Waals surface area contributed by atoms with Gasteiger partial charge in [0.1, 0.15) is 0 Å². The van der Waals surface area contributed by atoms with Gasteiger partial charge in [0.25, 0.3) is 5.56 Å². The lowest BCUT2D eigenvalue weighted by Gasteiger charge is -2.12. The molecule has 4 rings (SSSR count). The Balaban J connectivity index is 1.37. The second kappa shape index (κ2) is 8.37. The van der Waals surface area contributed by atoms with Crippen LogP contribution >= 0.6 is 11.3 Å². The number of amides is 1. The van der Waals surface area contributed by atoms with E-state index in [1.54, 1.807) is 4.90 Å². The van der Waals surface area contributed by atoms with Gasteiger partial charge in [-0.3, -0.25) is 19.5 Å². The Labute approximate surface area is 177 Å². The van der Waals surface area contributed by atoms with Crippen LogP contribution in [0.2, 0.25) is 0 Å². The van der Waals surface area contributed by atoms with E-state index in [1.165, 1.54) is 16.9 Å². The first kappa shape index (κ1) is 20.2. The number of fused-ring (bicyclic) bond motifs is 1. The molecule has 156 valence electrons. The van der Waals surface area contributed by atoms with Crippen molar-refractivity contribution in [1.29, 1.82) is 0 Å². The first-order chi connectivity index (χ1) is 14.4.